The molecule has 1 N–H and O–H groups in total. The normalized spacial score (nSPS) is 25.1. The molecule has 3 nitrogen and oxygen atoms in total. The van der Waals surface area contributed by atoms with Crippen molar-refractivity contribution in [1.29, 1.82) is 0 Å². The van der Waals surface area contributed by atoms with Gasteiger partial charge >= 0.3 is 0 Å². The van der Waals surface area contributed by atoms with Crippen molar-refractivity contribution in [2.45, 2.75) is 18.8 Å². The minimum Gasteiger partial charge on any atom is -0.314 e. The predicted molar refractivity (Wildman–Crippen MR) is 84.3 cm³/mol. The average molecular weight is 273 g/mol. The number of hydrogen-bond acceptors (Lipinski definition) is 3. The monoisotopic (exact) mass is 273 g/mol. The number of benzene rings is 1. The van der Waals surface area contributed by atoms with E-state index in [4.69, 9.17) is 0 Å². The third kappa shape index (κ3) is 3.40. The molecule has 1 unspecified atom stereocenters. The van der Waals surface area contributed by atoms with Crippen LogP contribution in [0.2, 0.25) is 0 Å². The molecule has 0 bridgehead atoms. The SMILES string of the molecule is CN1CCC(c2ccccc2CCN2CCNCC2)C1. The minimum absolute atomic E-state index is 0.749. The fourth-order valence-electron chi connectivity index (χ4n) is 3.56. The Balaban J connectivity index is 1.63. The van der Waals surface area contributed by atoms with Crippen LogP contribution in [-0.2, 0) is 6.42 Å². The highest BCUT2D eigenvalue weighted by Crippen LogP contribution is 2.29. The van der Waals surface area contributed by atoms with Gasteiger partial charge in [-0.3, -0.25) is 0 Å². The van der Waals surface area contributed by atoms with E-state index < -0.39 is 0 Å². The Morgan fingerprint density at radius 1 is 1.15 bits per heavy atom. The van der Waals surface area contributed by atoms with Gasteiger partial charge in [-0.1, -0.05) is 24.3 Å². The molecular formula is C17H27N3. The topological polar surface area (TPSA) is 18.5 Å². The summed E-state index contributed by atoms with van der Waals surface area (Å²) < 4.78 is 0. The molecule has 110 valence electrons. The second-order valence-corrected chi connectivity index (χ2v) is 6.29. The van der Waals surface area contributed by atoms with Crippen LogP contribution in [-0.4, -0.2) is 62.7 Å². The van der Waals surface area contributed by atoms with Gasteiger partial charge in [0.1, 0.15) is 0 Å². The number of likely N-dealkylation sites (tertiary alicyclic amines) is 1. The van der Waals surface area contributed by atoms with Gasteiger partial charge in [-0.15, -0.1) is 0 Å². The third-order valence-electron chi connectivity index (χ3n) is 4.79. The Hall–Kier alpha value is -0.900. The molecular weight excluding hydrogens is 246 g/mol. The highest BCUT2D eigenvalue weighted by molar-refractivity contribution is 5.31. The lowest BCUT2D eigenvalue weighted by molar-refractivity contribution is 0.243. The number of nitrogens with zero attached hydrogens (tertiary/aromatic N) is 2. The van der Waals surface area contributed by atoms with E-state index in [1.54, 1.807) is 11.1 Å². The summed E-state index contributed by atoms with van der Waals surface area (Å²) in [6.07, 6.45) is 2.53. The van der Waals surface area contributed by atoms with Gasteiger partial charge in [-0.05, 0) is 43.5 Å². The standard InChI is InChI=1S/C17H27N3/c1-19-10-6-16(14-19)17-5-3-2-4-15(17)7-11-20-12-8-18-9-13-20/h2-5,16,18H,6-14H2,1H3. The van der Waals surface area contributed by atoms with Gasteiger partial charge in [0.2, 0.25) is 0 Å². The molecule has 1 atom stereocenters. The summed E-state index contributed by atoms with van der Waals surface area (Å²) >= 11 is 0. The molecule has 0 spiro atoms. The van der Waals surface area contributed by atoms with E-state index in [2.05, 4.69) is 46.4 Å². The first kappa shape index (κ1) is 14.1. The molecule has 2 fully saturated rings. The van der Waals surface area contributed by atoms with Crippen LogP contribution in [0, 0.1) is 0 Å². The number of rotatable bonds is 4. The Kier molecular flexibility index (Phi) is 4.71. The van der Waals surface area contributed by atoms with Crippen molar-refractivity contribution < 1.29 is 0 Å². The second-order valence-electron chi connectivity index (χ2n) is 6.29. The van der Waals surface area contributed by atoms with Gasteiger partial charge in [0.25, 0.3) is 0 Å². The van der Waals surface area contributed by atoms with Gasteiger partial charge in [0, 0.05) is 39.3 Å². The molecule has 2 aliphatic heterocycles. The Morgan fingerprint density at radius 3 is 2.70 bits per heavy atom. The van der Waals surface area contributed by atoms with Crippen LogP contribution in [0.15, 0.2) is 24.3 Å². The van der Waals surface area contributed by atoms with Crippen LogP contribution in [0.3, 0.4) is 0 Å². The Labute approximate surface area is 123 Å². The third-order valence-corrected chi connectivity index (χ3v) is 4.79. The summed E-state index contributed by atoms with van der Waals surface area (Å²) in [7, 11) is 2.24. The van der Waals surface area contributed by atoms with Crippen LogP contribution < -0.4 is 5.32 Å². The van der Waals surface area contributed by atoms with Gasteiger partial charge in [0.05, 0.1) is 0 Å². The zero-order chi connectivity index (χ0) is 13.8. The van der Waals surface area contributed by atoms with Crippen LogP contribution in [0.4, 0.5) is 0 Å². The van der Waals surface area contributed by atoms with Crippen LogP contribution in [0.5, 0.6) is 0 Å². The molecule has 1 aromatic carbocycles. The van der Waals surface area contributed by atoms with Gasteiger partial charge < -0.3 is 15.1 Å². The van der Waals surface area contributed by atoms with Crippen molar-refractivity contribution in [3.8, 4) is 0 Å². The lowest BCUT2D eigenvalue weighted by Crippen LogP contribution is -2.44. The van der Waals surface area contributed by atoms with E-state index in [9.17, 15) is 0 Å². The van der Waals surface area contributed by atoms with E-state index in [1.165, 1.54) is 45.6 Å². The molecule has 0 saturated carbocycles. The largest absolute Gasteiger partial charge is 0.314 e. The number of nitrogens with one attached hydrogen (secondary N) is 1. The number of hydrogen-bond donors (Lipinski definition) is 1. The van der Waals surface area contributed by atoms with Crippen molar-refractivity contribution in [3.63, 3.8) is 0 Å². The first-order chi connectivity index (χ1) is 9.83. The fraction of sp³-hybridized carbons (Fsp3) is 0.647. The molecule has 3 rings (SSSR count). The van der Waals surface area contributed by atoms with Crippen molar-refractivity contribution >= 4 is 0 Å². The highest BCUT2D eigenvalue weighted by Gasteiger charge is 2.23. The summed E-state index contributed by atoms with van der Waals surface area (Å²) in [5, 5.41) is 3.43. The van der Waals surface area contributed by atoms with E-state index >= 15 is 0 Å². The van der Waals surface area contributed by atoms with Crippen molar-refractivity contribution in [2.75, 3.05) is 52.9 Å². The molecule has 0 aliphatic carbocycles. The molecule has 0 amide bonds. The first-order valence-corrected chi connectivity index (χ1v) is 8.02. The lowest BCUT2D eigenvalue weighted by atomic mass is 9.92. The van der Waals surface area contributed by atoms with Crippen molar-refractivity contribution in [3.05, 3.63) is 35.4 Å². The van der Waals surface area contributed by atoms with Gasteiger partial charge in [-0.2, -0.15) is 0 Å². The van der Waals surface area contributed by atoms with E-state index in [-0.39, 0.29) is 0 Å². The molecule has 20 heavy (non-hydrogen) atoms. The fourth-order valence-corrected chi connectivity index (χ4v) is 3.56. The Bertz CT molecular complexity index is 426. The van der Waals surface area contributed by atoms with Crippen molar-refractivity contribution in [1.82, 2.24) is 15.1 Å². The van der Waals surface area contributed by atoms with Crippen LogP contribution >= 0.6 is 0 Å². The molecule has 0 aromatic heterocycles. The molecule has 2 aliphatic rings. The van der Waals surface area contributed by atoms with E-state index in [0.29, 0.717) is 0 Å². The maximum Gasteiger partial charge on any atom is 0.0108 e. The maximum absolute atomic E-state index is 3.43. The summed E-state index contributed by atoms with van der Waals surface area (Å²) in [4.78, 5) is 5.05. The molecule has 2 heterocycles. The average Bonchev–Trinajstić information content (AvgIpc) is 2.93. The maximum atomic E-state index is 3.43. The zero-order valence-corrected chi connectivity index (χ0v) is 12.6. The summed E-state index contributed by atoms with van der Waals surface area (Å²) in [5.41, 5.74) is 3.18. The quantitative estimate of drug-likeness (QED) is 0.898. The molecule has 1 aromatic rings. The van der Waals surface area contributed by atoms with Crippen molar-refractivity contribution in [2.24, 2.45) is 0 Å². The second kappa shape index (κ2) is 6.70. The van der Waals surface area contributed by atoms with Gasteiger partial charge in [0.15, 0.2) is 0 Å². The predicted octanol–water partition coefficient (Wildman–Crippen LogP) is 1.55. The summed E-state index contributed by atoms with van der Waals surface area (Å²) in [6.45, 7) is 8.38. The van der Waals surface area contributed by atoms with E-state index in [0.717, 1.165) is 19.0 Å². The molecule has 2 saturated heterocycles. The smallest absolute Gasteiger partial charge is 0.0108 e. The highest BCUT2D eigenvalue weighted by atomic mass is 15.2. The zero-order valence-electron chi connectivity index (χ0n) is 12.6. The number of likely N-dealkylation sites (N-methyl/N-ethyl adjacent to an activating group) is 1. The van der Waals surface area contributed by atoms with E-state index in [1.807, 2.05) is 0 Å². The Morgan fingerprint density at radius 2 is 1.95 bits per heavy atom. The van der Waals surface area contributed by atoms with Crippen LogP contribution in [0.1, 0.15) is 23.5 Å². The minimum atomic E-state index is 0.749. The van der Waals surface area contributed by atoms with Gasteiger partial charge in [-0.25, -0.2) is 0 Å². The molecule has 0 radical (unpaired) electrons. The molecule has 3 heteroatoms. The number of piperazine rings is 1. The summed E-state index contributed by atoms with van der Waals surface area (Å²) in [5.74, 6) is 0.749. The summed E-state index contributed by atoms with van der Waals surface area (Å²) in [6, 6.07) is 9.12. The van der Waals surface area contributed by atoms with Crippen LogP contribution in [0.25, 0.3) is 0 Å². The first-order valence-electron chi connectivity index (χ1n) is 8.02. The lowest BCUT2D eigenvalue weighted by Gasteiger charge is -2.27.